The van der Waals surface area contributed by atoms with Gasteiger partial charge in [0.1, 0.15) is 17.5 Å². The minimum Gasteiger partial charge on any atom is -0.507 e. The van der Waals surface area contributed by atoms with E-state index in [2.05, 4.69) is 32.7 Å². The van der Waals surface area contributed by atoms with Crippen LogP contribution < -0.4 is 21.1 Å². The molecule has 2 aromatic carbocycles. The first-order valence-electron chi connectivity index (χ1n) is 15.8. The summed E-state index contributed by atoms with van der Waals surface area (Å²) in [5, 5.41) is 23.4. The summed E-state index contributed by atoms with van der Waals surface area (Å²) < 4.78 is 6.03. The number of nitrogens with two attached hydrogens (primary N) is 1. The maximum atomic E-state index is 13.0. The van der Waals surface area contributed by atoms with Crippen LogP contribution in [-0.2, 0) is 14.4 Å². The quantitative estimate of drug-likeness (QED) is 0.152. The fraction of sp³-hybridized carbons (Fsp3) is 0.343. The Kier molecular flexibility index (Phi) is 7.58. The number of phenolic OH excluding ortho intramolecular Hbond substituents is 1. The number of aromatic nitrogens is 2. The zero-order valence-corrected chi connectivity index (χ0v) is 25.9. The number of hydrogen-bond acceptors (Lipinski definition) is 10. The Morgan fingerprint density at radius 2 is 1.81 bits per heavy atom. The first-order valence-corrected chi connectivity index (χ1v) is 15.8. The number of rotatable bonds is 9. The van der Waals surface area contributed by atoms with Gasteiger partial charge in [0.05, 0.1) is 23.1 Å². The highest BCUT2D eigenvalue weighted by Crippen LogP contribution is 2.73. The second-order valence-corrected chi connectivity index (χ2v) is 13.0. The molecule has 3 saturated carbocycles. The number of hydrogen-bond donors (Lipinski definition) is 4. The van der Waals surface area contributed by atoms with Gasteiger partial charge in [0.15, 0.2) is 11.6 Å². The van der Waals surface area contributed by atoms with E-state index < -0.39 is 29.7 Å². The molecule has 4 fully saturated rings. The average Bonchev–Trinajstić information content (AvgIpc) is 3.27. The summed E-state index contributed by atoms with van der Waals surface area (Å²) >= 11 is 0. The van der Waals surface area contributed by atoms with E-state index in [1.54, 1.807) is 42.5 Å². The number of piperidine rings is 1. The van der Waals surface area contributed by atoms with Crippen LogP contribution in [0.1, 0.15) is 71.2 Å². The molecule has 1 aromatic heterocycles. The Labute approximate surface area is 275 Å². The van der Waals surface area contributed by atoms with E-state index in [1.165, 1.54) is 6.07 Å². The van der Waals surface area contributed by atoms with Gasteiger partial charge in [-0.1, -0.05) is 24.0 Å². The van der Waals surface area contributed by atoms with Crippen molar-refractivity contribution in [2.75, 3.05) is 18.9 Å². The molecule has 3 heterocycles. The van der Waals surface area contributed by atoms with Gasteiger partial charge in [0.2, 0.25) is 17.7 Å². The molecule has 244 valence electrons. The zero-order chi connectivity index (χ0) is 33.6. The predicted octanol–water partition coefficient (Wildman–Crippen LogP) is 2.33. The molecule has 13 heteroatoms. The summed E-state index contributed by atoms with van der Waals surface area (Å²) in [6.07, 6.45) is 3.51. The Balaban J connectivity index is 0.855. The number of nitrogens with zero attached hydrogens (tertiary/aromatic N) is 3. The molecule has 2 aliphatic heterocycles. The van der Waals surface area contributed by atoms with Crippen LogP contribution in [0.3, 0.4) is 0 Å². The number of benzene rings is 2. The van der Waals surface area contributed by atoms with E-state index in [-0.39, 0.29) is 52.3 Å². The van der Waals surface area contributed by atoms with Gasteiger partial charge >= 0.3 is 0 Å². The summed E-state index contributed by atoms with van der Waals surface area (Å²) in [7, 11) is 0. The maximum Gasteiger partial charge on any atom is 0.262 e. The number of carbonyl (C=O) groups is 5. The van der Waals surface area contributed by atoms with E-state index >= 15 is 0 Å². The van der Waals surface area contributed by atoms with Crippen LogP contribution in [0.2, 0.25) is 0 Å². The van der Waals surface area contributed by atoms with Crippen molar-refractivity contribution in [1.82, 2.24) is 25.7 Å². The number of unbranched alkanes of at least 4 members (excludes halogenated alkanes) is 1. The number of carbonyl (C=O) groups excluding carboxylic acids is 5. The van der Waals surface area contributed by atoms with Crippen molar-refractivity contribution in [3.05, 3.63) is 65.2 Å². The third kappa shape index (κ3) is 5.38. The normalized spacial score (nSPS) is 23.7. The van der Waals surface area contributed by atoms with Gasteiger partial charge < -0.3 is 20.9 Å². The molecule has 1 atom stereocenters. The molecule has 13 nitrogen and oxygen atoms in total. The minimum atomic E-state index is -1.02. The second kappa shape index (κ2) is 11.8. The summed E-state index contributed by atoms with van der Waals surface area (Å²) in [4.78, 5) is 63.5. The Morgan fingerprint density at radius 3 is 2.58 bits per heavy atom. The SMILES string of the molecule is Nc1nnc(-c2ccccc2O)cc1OCC12CC(C(=O)NCCCC#Cc3ccc4c(c3)C(=O)N(C3CCC(=O)NC3=O)C4=O)(C1)C2. The molecule has 5 aliphatic rings. The number of anilines is 1. The van der Waals surface area contributed by atoms with E-state index in [4.69, 9.17) is 10.5 Å². The first-order chi connectivity index (χ1) is 23.1. The van der Waals surface area contributed by atoms with Gasteiger partial charge in [-0.3, -0.25) is 34.2 Å². The number of amides is 5. The summed E-state index contributed by atoms with van der Waals surface area (Å²) in [5.41, 5.74) is 7.48. The fourth-order valence-electron chi connectivity index (χ4n) is 7.22. The van der Waals surface area contributed by atoms with Crippen LogP contribution in [0.15, 0.2) is 48.5 Å². The van der Waals surface area contributed by atoms with Crippen molar-refractivity contribution in [2.24, 2.45) is 10.8 Å². The lowest BCUT2D eigenvalue weighted by atomic mass is 9.35. The molecule has 3 aliphatic carbocycles. The number of ether oxygens (including phenoxy) is 1. The molecular weight excluding hydrogens is 616 g/mol. The maximum absolute atomic E-state index is 13.0. The van der Waals surface area contributed by atoms with Gasteiger partial charge in [0.25, 0.3) is 11.8 Å². The van der Waals surface area contributed by atoms with Gasteiger partial charge in [0, 0.05) is 42.0 Å². The third-order valence-electron chi connectivity index (χ3n) is 9.56. The fourth-order valence-corrected chi connectivity index (χ4v) is 7.22. The average molecular weight is 649 g/mol. The molecule has 8 rings (SSSR count). The minimum absolute atomic E-state index is 0.0339. The Morgan fingerprint density at radius 1 is 1.04 bits per heavy atom. The van der Waals surface area contributed by atoms with Crippen molar-refractivity contribution >= 4 is 35.4 Å². The molecule has 0 spiro atoms. The molecular formula is C35H32N6O7. The Bertz CT molecular complexity index is 1940. The van der Waals surface area contributed by atoms with Gasteiger partial charge in [-0.25, -0.2) is 0 Å². The monoisotopic (exact) mass is 648 g/mol. The largest absolute Gasteiger partial charge is 0.507 e. The number of aromatic hydroxyl groups is 1. The molecule has 48 heavy (non-hydrogen) atoms. The molecule has 2 bridgehead atoms. The van der Waals surface area contributed by atoms with Crippen molar-refractivity contribution in [3.63, 3.8) is 0 Å². The second-order valence-electron chi connectivity index (χ2n) is 13.0. The van der Waals surface area contributed by atoms with Crippen LogP contribution in [0.25, 0.3) is 11.3 Å². The third-order valence-corrected chi connectivity index (χ3v) is 9.56. The van der Waals surface area contributed by atoms with Crippen LogP contribution in [-0.4, -0.2) is 68.9 Å². The van der Waals surface area contributed by atoms with E-state index in [9.17, 15) is 29.1 Å². The number of nitrogen functional groups attached to an aromatic ring is 1. The highest BCUT2D eigenvalue weighted by molar-refractivity contribution is 6.23. The number of phenols is 1. The summed E-state index contributed by atoms with van der Waals surface area (Å²) in [5.74, 6) is 4.52. The van der Waals surface area contributed by atoms with Crippen LogP contribution in [0.5, 0.6) is 11.5 Å². The lowest BCUT2D eigenvalue weighted by Gasteiger charge is -2.68. The van der Waals surface area contributed by atoms with Crippen molar-refractivity contribution < 1.29 is 33.8 Å². The Hall–Kier alpha value is -5.77. The summed E-state index contributed by atoms with van der Waals surface area (Å²) in [6, 6.07) is 12.2. The van der Waals surface area contributed by atoms with Crippen LogP contribution >= 0.6 is 0 Å². The highest BCUT2D eigenvalue weighted by Gasteiger charge is 2.71. The van der Waals surface area contributed by atoms with Crippen molar-refractivity contribution in [3.8, 4) is 34.6 Å². The van der Waals surface area contributed by atoms with Crippen molar-refractivity contribution in [1.29, 1.82) is 0 Å². The first kappa shape index (κ1) is 30.9. The molecule has 1 unspecified atom stereocenters. The van der Waals surface area contributed by atoms with Crippen LogP contribution in [0, 0.1) is 22.7 Å². The van der Waals surface area contributed by atoms with E-state index in [1.807, 2.05) is 0 Å². The number of imide groups is 2. The standard InChI is InChI=1S/C35H32N6O7/c36-29-27(15-24(39-40-29)22-7-3-4-8-26(22)42)48-19-34-16-35(17-34,18-34)33(47)37-13-5-1-2-6-20-9-10-21-23(14-20)32(46)41(31(21)45)25-11-12-28(43)38-30(25)44/h3-4,7-10,14-15,25,42H,1,5,11-13,16-19H2,(H2,36,40)(H,37,47)(H,38,43,44). The topological polar surface area (TPSA) is 194 Å². The smallest absolute Gasteiger partial charge is 0.262 e. The molecule has 5 N–H and O–H groups in total. The molecule has 5 amide bonds. The molecule has 1 saturated heterocycles. The zero-order valence-electron chi connectivity index (χ0n) is 25.9. The van der Waals surface area contributed by atoms with Gasteiger partial charge in [-0.2, -0.15) is 0 Å². The van der Waals surface area contributed by atoms with Gasteiger partial charge in [-0.05, 0) is 62.4 Å². The number of fused-ring (bicyclic) bond motifs is 1. The van der Waals surface area contributed by atoms with Gasteiger partial charge in [-0.15, -0.1) is 10.2 Å². The lowest BCUT2D eigenvalue weighted by Crippen LogP contribution is -2.69. The summed E-state index contributed by atoms with van der Waals surface area (Å²) in [6.45, 7) is 0.885. The highest BCUT2D eigenvalue weighted by atomic mass is 16.5. The van der Waals surface area contributed by atoms with Crippen molar-refractivity contribution in [2.45, 2.75) is 51.0 Å². The predicted molar refractivity (Wildman–Crippen MR) is 170 cm³/mol. The molecule has 3 aromatic rings. The van der Waals surface area contributed by atoms with Crippen LogP contribution in [0.4, 0.5) is 5.82 Å². The van der Waals surface area contributed by atoms with E-state index in [0.29, 0.717) is 48.6 Å². The van der Waals surface area contributed by atoms with E-state index in [0.717, 1.165) is 24.2 Å². The number of nitrogens with one attached hydrogen (secondary N) is 2. The molecule has 0 radical (unpaired) electrons. The lowest BCUT2D eigenvalue weighted by molar-refractivity contribution is -0.217. The number of para-hydroxylation sites is 1.